The molecule has 0 heterocycles. The van der Waals surface area contributed by atoms with Gasteiger partial charge in [0.15, 0.2) is 0 Å². The van der Waals surface area contributed by atoms with Crippen molar-refractivity contribution in [1.82, 2.24) is 0 Å². The Morgan fingerprint density at radius 3 is 2.36 bits per heavy atom. The molecule has 1 atom stereocenters. The van der Waals surface area contributed by atoms with Crippen molar-refractivity contribution in [1.29, 1.82) is 0 Å². The highest BCUT2D eigenvalue weighted by Gasteiger charge is 2.05. The summed E-state index contributed by atoms with van der Waals surface area (Å²) in [4.78, 5) is 1.27. The third kappa shape index (κ3) is 7.77. The van der Waals surface area contributed by atoms with Crippen molar-refractivity contribution < 1.29 is 17.9 Å². The van der Waals surface area contributed by atoms with Crippen molar-refractivity contribution in [3.8, 4) is 0 Å². The molecule has 0 aliphatic carbocycles. The molecule has 2 N–H and O–H groups in total. The van der Waals surface area contributed by atoms with Crippen LogP contribution in [0.3, 0.4) is 0 Å². The molecular formula is C6H16NO3S+. The first-order chi connectivity index (χ1) is 4.95. The SMILES string of the molecule is CC[NH+](C)CCCS(=O)(=O)O. The molecule has 0 aliphatic heterocycles. The van der Waals surface area contributed by atoms with Crippen molar-refractivity contribution in [3.63, 3.8) is 0 Å². The van der Waals surface area contributed by atoms with Crippen LogP contribution in [0.2, 0.25) is 0 Å². The zero-order chi connectivity index (χ0) is 8.91. The quantitative estimate of drug-likeness (QED) is 0.525. The minimum Gasteiger partial charge on any atom is -0.338 e. The van der Waals surface area contributed by atoms with Crippen LogP contribution in [0.5, 0.6) is 0 Å². The maximum absolute atomic E-state index is 10.2. The fraction of sp³-hybridized carbons (Fsp3) is 1.00. The lowest BCUT2D eigenvalue weighted by Crippen LogP contribution is -3.08. The standard InChI is InChI=1S/C6H15NO3S/c1-3-7(2)5-4-6-11(8,9)10/h3-6H2,1-2H3,(H,8,9,10)/p+1. The van der Waals surface area contributed by atoms with Gasteiger partial charge in [-0.3, -0.25) is 4.55 Å². The highest BCUT2D eigenvalue weighted by Crippen LogP contribution is 1.84. The van der Waals surface area contributed by atoms with E-state index >= 15 is 0 Å². The van der Waals surface area contributed by atoms with Crippen LogP contribution in [-0.4, -0.2) is 38.9 Å². The molecule has 0 saturated heterocycles. The van der Waals surface area contributed by atoms with Gasteiger partial charge in [-0.2, -0.15) is 8.42 Å². The third-order valence-corrected chi connectivity index (χ3v) is 2.41. The van der Waals surface area contributed by atoms with Gasteiger partial charge in [0.05, 0.1) is 25.9 Å². The third-order valence-electron chi connectivity index (χ3n) is 1.61. The molecule has 68 valence electrons. The fourth-order valence-electron chi connectivity index (χ4n) is 0.733. The number of nitrogens with one attached hydrogen (secondary N) is 1. The van der Waals surface area contributed by atoms with Crippen molar-refractivity contribution in [2.24, 2.45) is 0 Å². The van der Waals surface area contributed by atoms with Crippen molar-refractivity contribution in [2.75, 3.05) is 25.9 Å². The molecule has 1 unspecified atom stereocenters. The molecule has 11 heavy (non-hydrogen) atoms. The summed E-state index contributed by atoms with van der Waals surface area (Å²) in [7, 11) is -1.75. The first-order valence-electron chi connectivity index (χ1n) is 3.72. The van der Waals surface area contributed by atoms with Gasteiger partial charge < -0.3 is 4.90 Å². The molecule has 0 saturated carbocycles. The van der Waals surface area contributed by atoms with E-state index in [1.807, 2.05) is 14.0 Å². The summed E-state index contributed by atoms with van der Waals surface area (Å²) in [6.07, 6.45) is 0.526. The average molecular weight is 182 g/mol. The van der Waals surface area contributed by atoms with Gasteiger partial charge in [0.1, 0.15) is 0 Å². The second kappa shape index (κ2) is 4.69. The zero-order valence-corrected chi connectivity index (χ0v) is 7.82. The summed E-state index contributed by atoms with van der Waals surface area (Å²) in [6.45, 7) is 3.80. The van der Waals surface area contributed by atoms with E-state index in [1.165, 1.54) is 4.90 Å². The predicted molar refractivity (Wildman–Crippen MR) is 43.3 cm³/mol. The highest BCUT2D eigenvalue weighted by molar-refractivity contribution is 7.85. The molecule has 0 aromatic carbocycles. The predicted octanol–water partition coefficient (Wildman–Crippen LogP) is -1.20. The van der Waals surface area contributed by atoms with Crippen LogP contribution < -0.4 is 4.90 Å². The van der Waals surface area contributed by atoms with Crippen LogP contribution in [0.15, 0.2) is 0 Å². The van der Waals surface area contributed by atoms with Gasteiger partial charge in [-0.1, -0.05) is 0 Å². The average Bonchev–Trinajstić information content (AvgIpc) is 1.85. The van der Waals surface area contributed by atoms with Gasteiger partial charge in [0.2, 0.25) is 0 Å². The molecule has 0 radical (unpaired) electrons. The van der Waals surface area contributed by atoms with Gasteiger partial charge in [0.25, 0.3) is 10.1 Å². The van der Waals surface area contributed by atoms with E-state index < -0.39 is 10.1 Å². The monoisotopic (exact) mass is 182 g/mol. The van der Waals surface area contributed by atoms with Crippen molar-refractivity contribution in [3.05, 3.63) is 0 Å². The van der Waals surface area contributed by atoms with Crippen molar-refractivity contribution in [2.45, 2.75) is 13.3 Å². The second-order valence-corrected chi connectivity index (χ2v) is 4.27. The maximum atomic E-state index is 10.2. The molecule has 0 aromatic rings. The van der Waals surface area contributed by atoms with Crippen LogP contribution >= 0.6 is 0 Å². The molecule has 0 amide bonds. The lowest BCUT2D eigenvalue weighted by Gasteiger charge is -2.09. The molecule has 0 spiro atoms. The van der Waals surface area contributed by atoms with E-state index in [4.69, 9.17) is 4.55 Å². The number of hydrogen-bond acceptors (Lipinski definition) is 2. The van der Waals surface area contributed by atoms with E-state index in [1.54, 1.807) is 0 Å². The van der Waals surface area contributed by atoms with Gasteiger partial charge >= 0.3 is 0 Å². The molecule has 0 rings (SSSR count). The minimum atomic E-state index is -3.74. The molecule has 0 aliphatic rings. The zero-order valence-electron chi connectivity index (χ0n) is 7.00. The lowest BCUT2D eigenvalue weighted by molar-refractivity contribution is -0.877. The van der Waals surface area contributed by atoms with Gasteiger partial charge in [-0.15, -0.1) is 0 Å². The van der Waals surface area contributed by atoms with Gasteiger partial charge in [0, 0.05) is 6.42 Å². The summed E-state index contributed by atoms with van der Waals surface area (Å²) in [5.41, 5.74) is 0. The Kier molecular flexibility index (Phi) is 4.63. The van der Waals surface area contributed by atoms with E-state index in [0.29, 0.717) is 6.42 Å². The van der Waals surface area contributed by atoms with Gasteiger partial charge in [-0.05, 0) is 6.92 Å². The van der Waals surface area contributed by atoms with E-state index in [2.05, 4.69) is 0 Å². The normalized spacial score (nSPS) is 14.8. The van der Waals surface area contributed by atoms with Crippen molar-refractivity contribution >= 4 is 10.1 Å². The summed E-state index contributed by atoms with van der Waals surface area (Å²) in [5.74, 6) is -0.121. The Labute approximate surface area is 68.0 Å². The maximum Gasteiger partial charge on any atom is 0.265 e. The largest absolute Gasteiger partial charge is 0.338 e. The molecule has 0 fully saturated rings. The fourth-order valence-corrected chi connectivity index (χ4v) is 1.24. The van der Waals surface area contributed by atoms with Crippen LogP contribution in [0.1, 0.15) is 13.3 Å². The van der Waals surface area contributed by atoms with Crippen LogP contribution in [0, 0.1) is 0 Å². The Morgan fingerprint density at radius 2 is 2.00 bits per heavy atom. The number of rotatable bonds is 5. The molecular weight excluding hydrogens is 166 g/mol. The summed E-state index contributed by atoms with van der Waals surface area (Å²) in [5, 5.41) is 0. The molecule has 5 heteroatoms. The smallest absolute Gasteiger partial charge is 0.265 e. The number of quaternary nitrogens is 1. The van der Waals surface area contributed by atoms with Crippen LogP contribution in [0.25, 0.3) is 0 Å². The Morgan fingerprint density at radius 1 is 1.45 bits per heavy atom. The molecule has 0 aromatic heterocycles. The minimum absolute atomic E-state index is 0.121. The van der Waals surface area contributed by atoms with E-state index in [9.17, 15) is 8.42 Å². The number of hydrogen-bond donors (Lipinski definition) is 2. The summed E-state index contributed by atoms with van der Waals surface area (Å²) >= 11 is 0. The van der Waals surface area contributed by atoms with E-state index in [-0.39, 0.29) is 5.75 Å². The topological polar surface area (TPSA) is 58.8 Å². The van der Waals surface area contributed by atoms with Crippen LogP contribution in [-0.2, 0) is 10.1 Å². The highest BCUT2D eigenvalue weighted by atomic mass is 32.2. The van der Waals surface area contributed by atoms with E-state index in [0.717, 1.165) is 13.1 Å². The van der Waals surface area contributed by atoms with Gasteiger partial charge in [-0.25, -0.2) is 0 Å². The lowest BCUT2D eigenvalue weighted by atomic mass is 10.4. The van der Waals surface area contributed by atoms with Crippen LogP contribution in [0.4, 0.5) is 0 Å². The molecule has 4 nitrogen and oxygen atoms in total. The Bertz CT molecular complexity index is 188. The second-order valence-electron chi connectivity index (χ2n) is 2.70. The molecule has 0 bridgehead atoms. The summed E-state index contributed by atoms with van der Waals surface area (Å²) in [6, 6.07) is 0. The first-order valence-corrected chi connectivity index (χ1v) is 5.33. The Balaban J connectivity index is 3.43. The first kappa shape index (κ1) is 10.9. The summed E-state index contributed by atoms with van der Waals surface area (Å²) < 4.78 is 28.9. The Hall–Kier alpha value is -0.130.